The van der Waals surface area contributed by atoms with E-state index in [1.807, 2.05) is 0 Å². The van der Waals surface area contributed by atoms with Crippen molar-refractivity contribution in [2.24, 2.45) is 0 Å². The summed E-state index contributed by atoms with van der Waals surface area (Å²) in [6.45, 7) is 2.86. The standard InChI is InChI=1S/C17H23N5/c1-13-7-5-6-8-14(13)11-18-16-12-19-22-17(21-16)20-15-9-3-2-4-10-15/h5-8,12,15H,2-4,9-11H2,1H3,(H2,18,20,21,22). The van der Waals surface area contributed by atoms with E-state index in [1.54, 1.807) is 6.20 Å². The number of hydrogen-bond acceptors (Lipinski definition) is 5. The quantitative estimate of drug-likeness (QED) is 0.884. The molecule has 116 valence electrons. The number of hydrogen-bond donors (Lipinski definition) is 2. The van der Waals surface area contributed by atoms with Crippen LogP contribution in [0.25, 0.3) is 0 Å². The Morgan fingerprint density at radius 1 is 1.14 bits per heavy atom. The molecule has 3 rings (SSSR count). The van der Waals surface area contributed by atoms with Gasteiger partial charge in [-0.2, -0.15) is 10.1 Å². The number of benzene rings is 1. The van der Waals surface area contributed by atoms with Crippen molar-refractivity contribution in [1.29, 1.82) is 0 Å². The highest BCUT2D eigenvalue weighted by molar-refractivity contribution is 5.39. The Bertz CT molecular complexity index is 608. The molecule has 5 heteroatoms. The molecule has 1 aliphatic carbocycles. The van der Waals surface area contributed by atoms with Gasteiger partial charge in [-0.05, 0) is 30.9 Å². The van der Waals surface area contributed by atoms with Gasteiger partial charge in [-0.1, -0.05) is 43.5 Å². The van der Waals surface area contributed by atoms with Crippen LogP contribution in [0.4, 0.5) is 11.8 Å². The van der Waals surface area contributed by atoms with E-state index in [2.05, 4.69) is 57.0 Å². The molecule has 0 bridgehead atoms. The van der Waals surface area contributed by atoms with E-state index in [1.165, 1.54) is 43.2 Å². The van der Waals surface area contributed by atoms with Crippen molar-refractivity contribution in [2.45, 2.75) is 51.6 Å². The zero-order valence-electron chi connectivity index (χ0n) is 13.0. The van der Waals surface area contributed by atoms with E-state index in [-0.39, 0.29) is 0 Å². The summed E-state index contributed by atoms with van der Waals surface area (Å²) in [6.07, 6.45) is 7.99. The smallest absolute Gasteiger partial charge is 0.244 e. The highest BCUT2D eigenvalue weighted by Gasteiger charge is 2.14. The maximum Gasteiger partial charge on any atom is 0.244 e. The summed E-state index contributed by atoms with van der Waals surface area (Å²) in [5, 5.41) is 14.9. The van der Waals surface area contributed by atoms with Crippen LogP contribution in [-0.4, -0.2) is 21.2 Å². The molecule has 1 aliphatic rings. The molecule has 1 aromatic carbocycles. The number of anilines is 2. The molecular weight excluding hydrogens is 274 g/mol. The van der Waals surface area contributed by atoms with E-state index in [9.17, 15) is 0 Å². The molecule has 0 amide bonds. The van der Waals surface area contributed by atoms with Crippen LogP contribution in [-0.2, 0) is 6.54 Å². The third kappa shape index (κ3) is 3.93. The van der Waals surface area contributed by atoms with E-state index in [0.29, 0.717) is 12.0 Å². The summed E-state index contributed by atoms with van der Waals surface area (Å²) in [5.41, 5.74) is 2.54. The molecule has 22 heavy (non-hydrogen) atoms. The number of nitrogens with one attached hydrogen (secondary N) is 2. The van der Waals surface area contributed by atoms with Crippen LogP contribution in [0, 0.1) is 6.92 Å². The van der Waals surface area contributed by atoms with Crippen LogP contribution >= 0.6 is 0 Å². The van der Waals surface area contributed by atoms with Gasteiger partial charge < -0.3 is 10.6 Å². The van der Waals surface area contributed by atoms with E-state index in [0.717, 1.165) is 12.4 Å². The third-order valence-corrected chi connectivity index (χ3v) is 4.22. The number of aryl methyl sites for hydroxylation is 1. The van der Waals surface area contributed by atoms with Gasteiger partial charge in [0.15, 0.2) is 5.82 Å². The van der Waals surface area contributed by atoms with Crippen molar-refractivity contribution in [3.63, 3.8) is 0 Å². The number of aromatic nitrogens is 3. The lowest BCUT2D eigenvalue weighted by molar-refractivity contribution is 0.460. The van der Waals surface area contributed by atoms with Crippen LogP contribution in [0.1, 0.15) is 43.2 Å². The third-order valence-electron chi connectivity index (χ3n) is 4.22. The SMILES string of the molecule is Cc1ccccc1CNc1cnnc(NC2CCCCC2)n1. The van der Waals surface area contributed by atoms with Gasteiger partial charge in [-0.3, -0.25) is 0 Å². The summed E-state index contributed by atoms with van der Waals surface area (Å²) >= 11 is 0. The van der Waals surface area contributed by atoms with Gasteiger partial charge in [-0.25, -0.2) is 0 Å². The maximum atomic E-state index is 4.52. The predicted molar refractivity (Wildman–Crippen MR) is 88.8 cm³/mol. The lowest BCUT2D eigenvalue weighted by Crippen LogP contribution is -2.23. The molecule has 0 saturated heterocycles. The van der Waals surface area contributed by atoms with Crippen molar-refractivity contribution in [3.05, 3.63) is 41.6 Å². The van der Waals surface area contributed by atoms with Gasteiger partial charge in [0.1, 0.15) is 0 Å². The van der Waals surface area contributed by atoms with Gasteiger partial charge in [0.25, 0.3) is 0 Å². The minimum Gasteiger partial charge on any atom is -0.365 e. The predicted octanol–water partition coefficient (Wildman–Crippen LogP) is 3.54. The molecule has 1 fully saturated rings. The van der Waals surface area contributed by atoms with Crippen molar-refractivity contribution in [1.82, 2.24) is 15.2 Å². The summed E-state index contributed by atoms with van der Waals surface area (Å²) in [4.78, 5) is 4.52. The van der Waals surface area contributed by atoms with Crippen LogP contribution in [0.3, 0.4) is 0 Å². The zero-order chi connectivity index (χ0) is 15.2. The second-order valence-corrected chi connectivity index (χ2v) is 5.92. The van der Waals surface area contributed by atoms with Crippen molar-refractivity contribution >= 4 is 11.8 Å². The Kier molecular flexibility index (Phi) is 4.83. The summed E-state index contributed by atoms with van der Waals surface area (Å²) in [7, 11) is 0. The maximum absolute atomic E-state index is 4.52. The van der Waals surface area contributed by atoms with Crippen LogP contribution in [0.15, 0.2) is 30.5 Å². The average Bonchev–Trinajstić information content (AvgIpc) is 2.55. The molecule has 1 saturated carbocycles. The first kappa shape index (κ1) is 14.8. The molecule has 1 heterocycles. The Morgan fingerprint density at radius 3 is 2.77 bits per heavy atom. The van der Waals surface area contributed by atoms with Gasteiger partial charge in [-0.15, -0.1) is 5.10 Å². The van der Waals surface area contributed by atoms with Gasteiger partial charge in [0.2, 0.25) is 5.95 Å². The van der Waals surface area contributed by atoms with Gasteiger partial charge in [0.05, 0.1) is 6.20 Å². The number of nitrogens with zero attached hydrogens (tertiary/aromatic N) is 3. The minimum atomic E-state index is 0.488. The van der Waals surface area contributed by atoms with Crippen LogP contribution in [0.2, 0.25) is 0 Å². The highest BCUT2D eigenvalue weighted by atomic mass is 15.3. The molecular formula is C17H23N5. The molecule has 2 aromatic rings. The second kappa shape index (κ2) is 7.20. The summed E-state index contributed by atoms with van der Waals surface area (Å²) in [6, 6.07) is 8.83. The molecule has 0 radical (unpaired) electrons. The molecule has 1 aromatic heterocycles. The topological polar surface area (TPSA) is 62.7 Å². The first-order chi connectivity index (χ1) is 10.8. The average molecular weight is 297 g/mol. The molecule has 5 nitrogen and oxygen atoms in total. The number of rotatable bonds is 5. The Labute approximate surface area is 131 Å². The van der Waals surface area contributed by atoms with Crippen LogP contribution < -0.4 is 10.6 Å². The first-order valence-corrected chi connectivity index (χ1v) is 8.06. The Hall–Kier alpha value is -2.17. The largest absolute Gasteiger partial charge is 0.365 e. The molecule has 0 atom stereocenters. The zero-order valence-corrected chi connectivity index (χ0v) is 13.0. The van der Waals surface area contributed by atoms with E-state index >= 15 is 0 Å². The van der Waals surface area contributed by atoms with Crippen LogP contribution in [0.5, 0.6) is 0 Å². The van der Waals surface area contributed by atoms with E-state index in [4.69, 9.17) is 0 Å². The monoisotopic (exact) mass is 297 g/mol. The fourth-order valence-electron chi connectivity index (χ4n) is 2.87. The van der Waals surface area contributed by atoms with Crippen molar-refractivity contribution < 1.29 is 0 Å². The normalized spacial score (nSPS) is 15.5. The van der Waals surface area contributed by atoms with E-state index < -0.39 is 0 Å². The molecule has 2 N–H and O–H groups in total. The fraction of sp³-hybridized carbons (Fsp3) is 0.471. The highest BCUT2D eigenvalue weighted by Crippen LogP contribution is 2.20. The Balaban J connectivity index is 1.60. The lowest BCUT2D eigenvalue weighted by atomic mass is 9.96. The second-order valence-electron chi connectivity index (χ2n) is 5.92. The van der Waals surface area contributed by atoms with Crippen molar-refractivity contribution in [3.8, 4) is 0 Å². The summed E-state index contributed by atoms with van der Waals surface area (Å²) in [5.74, 6) is 1.39. The van der Waals surface area contributed by atoms with Gasteiger partial charge in [0, 0.05) is 12.6 Å². The lowest BCUT2D eigenvalue weighted by Gasteiger charge is -2.22. The molecule has 0 unspecified atom stereocenters. The molecule has 0 spiro atoms. The summed E-state index contributed by atoms with van der Waals surface area (Å²) < 4.78 is 0. The first-order valence-electron chi connectivity index (χ1n) is 8.06. The van der Waals surface area contributed by atoms with Gasteiger partial charge >= 0.3 is 0 Å². The minimum absolute atomic E-state index is 0.488. The van der Waals surface area contributed by atoms with Crippen molar-refractivity contribution in [2.75, 3.05) is 10.6 Å². The Morgan fingerprint density at radius 2 is 1.95 bits per heavy atom. The fourth-order valence-corrected chi connectivity index (χ4v) is 2.87. The molecule has 0 aliphatic heterocycles.